The molecule has 190 valence electrons. The van der Waals surface area contributed by atoms with Gasteiger partial charge < -0.3 is 15.7 Å². The number of fused-ring (bicyclic) bond motifs is 1. The van der Waals surface area contributed by atoms with Crippen molar-refractivity contribution in [1.82, 2.24) is 19.9 Å². The van der Waals surface area contributed by atoms with Crippen molar-refractivity contribution in [3.8, 4) is 0 Å². The standard InChI is InChI=1S/C24H31BrF2N6O2/c25-17-14-29-23(30-15-17)32-20(22(34)35)8-11-33(19-12-24(26,27)13-19)10-2-1-5-18-7-6-16-4-3-9-28-21(16)31-18/h6-7,14-15,19-20H,1-5,8-13H2,(H,28,31)(H,34,35)(H,29,30,32). The molecule has 1 atom stereocenters. The van der Waals surface area contributed by atoms with Gasteiger partial charge in [0.05, 0.1) is 4.47 Å². The second-order valence-corrected chi connectivity index (χ2v) is 10.2. The van der Waals surface area contributed by atoms with E-state index in [4.69, 9.17) is 4.98 Å². The van der Waals surface area contributed by atoms with Crippen molar-refractivity contribution in [1.29, 1.82) is 0 Å². The molecular formula is C24H31BrF2N6O2. The fourth-order valence-electron chi connectivity index (χ4n) is 4.59. The number of pyridine rings is 1. The number of hydrogen-bond acceptors (Lipinski definition) is 7. The maximum Gasteiger partial charge on any atom is 0.326 e. The molecule has 1 aliphatic heterocycles. The monoisotopic (exact) mass is 552 g/mol. The number of carboxylic acid groups (broad SMARTS) is 1. The zero-order valence-corrected chi connectivity index (χ0v) is 21.1. The molecule has 35 heavy (non-hydrogen) atoms. The van der Waals surface area contributed by atoms with E-state index >= 15 is 0 Å². The first-order valence-corrected chi connectivity index (χ1v) is 12.9. The van der Waals surface area contributed by atoms with Gasteiger partial charge in [0.2, 0.25) is 5.95 Å². The molecule has 2 aromatic rings. The molecule has 4 rings (SSSR count). The van der Waals surface area contributed by atoms with Crippen molar-refractivity contribution >= 4 is 33.7 Å². The third kappa shape index (κ3) is 7.30. The minimum Gasteiger partial charge on any atom is -0.480 e. The van der Waals surface area contributed by atoms with Gasteiger partial charge in [-0.25, -0.2) is 28.5 Å². The molecule has 0 aromatic carbocycles. The lowest BCUT2D eigenvalue weighted by atomic mass is 9.86. The molecule has 2 aliphatic rings. The van der Waals surface area contributed by atoms with Gasteiger partial charge in [-0.3, -0.25) is 4.90 Å². The van der Waals surface area contributed by atoms with E-state index in [2.05, 4.69) is 48.7 Å². The molecular weight excluding hydrogens is 522 g/mol. The van der Waals surface area contributed by atoms with Crippen LogP contribution in [0.2, 0.25) is 0 Å². The highest BCUT2D eigenvalue weighted by molar-refractivity contribution is 9.10. The molecule has 0 bridgehead atoms. The Hall–Kier alpha value is -2.40. The van der Waals surface area contributed by atoms with Gasteiger partial charge in [0.15, 0.2) is 0 Å². The quantitative estimate of drug-likeness (QED) is 0.333. The second-order valence-electron chi connectivity index (χ2n) is 9.30. The molecule has 1 saturated carbocycles. The number of carbonyl (C=O) groups is 1. The summed E-state index contributed by atoms with van der Waals surface area (Å²) >= 11 is 3.25. The fourth-order valence-corrected chi connectivity index (χ4v) is 4.79. The molecule has 0 amide bonds. The number of halogens is 3. The van der Waals surface area contributed by atoms with Crippen LogP contribution in [-0.4, -0.2) is 68.6 Å². The number of aliphatic carboxylic acids is 1. The third-order valence-electron chi connectivity index (χ3n) is 6.59. The van der Waals surface area contributed by atoms with E-state index < -0.39 is 17.9 Å². The Bertz CT molecular complexity index is 1000. The van der Waals surface area contributed by atoms with Gasteiger partial charge >= 0.3 is 5.97 Å². The summed E-state index contributed by atoms with van der Waals surface area (Å²) in [4.78, 5) is 26.7. The smallest absolute Gasteiger partial charge is 0.326 e. The summed E-state index contributed by atoms with van der Waals surface area (Å²) in [6.45, 7) is 2.00. The van der Waals surface area contributed by atoms with Crippen molar-refractivity contribution in [3.63, 3.8) is 0 Å². The largest absolute Gasteiger partial charge is 0.480 e. The number of carboxylic acids is 1. The number of unbranched alkanes of at least 4 members (excludes halogenated alkanes) is 1. The average Bonchev–Trinajstić information content (AvgIpc) is 2.82. The number of aryl methyl sites for hydroxylation is 2. The molecule has 1 fully saturated rings. The van der Waals surface area contributed by atoms with Crippen LogP contribution in [-0.2, 0) is 17.6 Å². The van der Waals surface area contributed by atoms with Crippen LogP contribution in [0.25, 0.3) is 0 Å². The predicted octanol–water partition coefficient (Wildman–Crippen LogP) is 4.37. The minimum atomic E-state index is -2.63. The van der Waals surface area contributed by atoms with Crippen LogP contribution < -0.4 is 10.6 Å². The SMILES string of the molecule is O=C(O)C(CCN(CCCCc1ccc2c(n1)NCCC2)C1CC(F)(F)C1)Nc1ncc(Br)cn1. The summed E-state index contributed by atoms with van der Waals surface area (Å²) in [7, 11) is 0. The average molecular weight is 553 g/mol. The highest BCUT2D eigenvalue weighted by Gasteiger charge is 2.47. The molecule has 1 unspecified atom stereocenters. The topological polar surface area (TPSA) is 103 Å². The van der Waals surface area contributed by atoms with Crippen LogP contribution in [0.5, 0.6) is 0 Å². The zero-order valence-electron chi connectivity index (χ0n) is 19.5. The zero-order chi connectivity index (χ0) is 24.8. The van der Waals surface area contributed by atoms with Gasteiger partial charge in [0.25, 0.3) is 5.92 Å². The van der Waals surface area contributed by atoms with Gasteiger partial charge in [-0.05, 0) is 72.6 Å². The molecule has 2 aromatic heterocycles. The first-order chi connectivity index (χ1) is 16.8. The van der Waals surface area contributed by atoms with Crippen LogP contribution in [0.15, 0.2) is 29.0 Å². The summed E-state index contributed by atoms with van der Waals surface area (Å²) < 4.78 is 27.8. The van der Waals surface area contributed by atoms with Gasteiger partial charge in [-0.15, -0.1) is 0 Å². The third-order valence-corrected chi connectivity index (χ3v) is 7.00. The van der Waals surface area contributed by atoms with Crippen molar-refractivity contribution in [3.05, 3.63) is 40.3 Å². The number of anilines is 2. The van der Waals surface area contributed by atoms with Crippen molar-refractivity contribution in [2.45, 2.75) is 69.4 Å². The lowest BCUT2D eigenvalue weighted by Crippen LogP contribution is -2.52. The molecule has 0 saturated heterocycles. The van der Waals surface area contributed by atoms with Crippen molar-refractivity contribution < 1.29 is 18.7 Å². The number of rotatable bonds is 12. The van der Waals surface area contributed by atoms with Crippen LogP contribution in [0.4, 0.5) is 20.5 Å². The van der Waals surface area contributed by atoms with E-state index in [9.17, 15) is 18.7 Å². The Morgan fingerprint density at radius 3 is 2.74 bits per heavy atom. The Morgan fingerprint density at radius 2 is 2.03 bits per heavy atom. The first kappa shape index (κ1) is 25.7. The van der Waals surface area contributed by atoms with E-state index in [0.29, 0.717) is 17.6 Å². The highest BCUT2D eigenvalue weighted by Crippen LogP contribution is 2.40. The number of aromatic nitrogens is 3. The Morgan fingerprint density at radius 1 is 1.26 bits per heavy atom. The Labute approximate surface area is 212 Å². The lowest BCUT2D eigenvalue weighted by Gasteiger charge is -2.43. The molecule has 3 heterocycles. The van der Waals surface area contributed by atoms with E-state index in [1.165, 1.54) is 18.0 Å². The van der Waals surface area contributed by atoms with Gasteiger partial charge in [0.1, 0.15) is 11.9 Å². The first-order valence-electron chi connectivity index (χ1n) is 12.1. The number of nitrogens with one attached hydrogen (secondary N) is 2. The number of hydrogen-bond donors (Lipinski definition) is 3. The summed E-state index contributed by atoms with van der Waals surface area (Å²) in [6, 6.07) is 3.07. The van der Waals surface area contributed by atoms with Gasteiger partial charge in [0, 0.05) is 50.1 Å². The normalized spacial score (nSPS) is 17.8. The summed E-state index contributed by atoms with van der Waals surface area (Å²) in [5.74, 6) is -2.45. The van der Waals surface area contributed by atoms with Crippen molar-refractivity contribution in [2.24, 2.45) is 0 Å². The van der Waals surface area contributed by atoms with Crippen LogP contribution in [0.3, 0.4) is 0 Å². The second kappa shape index (κ2) is 11.6. The molecule has 8 nitrogen and oxygen atoms in total. The summed E-state index contributed by atoms with van der Waals surface area (Å²) in [5, 5.41) is 15.8. The molecule has 11 heteroatoms. The Kier molecular flexibility index (Phi) is 8.48. The molecule has 1 aliphatic carbocycles. The van der Waals surface area contributed by atoms with E-state index in [1.54, 1.807) is 0 Å². The predicted molar refractivity (Wildman–Crippen MR) is 133 cm³/mol. The fraction of sp³-hybridized carbons (Fsp3) is 0.583. The minimum absolute atomic E-state index is 0.175. The lowest BCUT2D eigenvalue weighted by molar-refractivity contribution is -0.139. The van der Waals surface area contributed by atoms with Gasteiger partial charge in [-0.1, -0.05) is 6.07 Å². The Balaban J connectivity index is 1.29. The van der Waals surface area contributed by atoms with Crippen molar-refractivity contribution in [2.75, 3.05) is 30.3 Å². The van der Waals surface area contributed by atoms with E-state index in [-0.39, 0.29) is 31.3 Å². The summed E-state index contributed by atoms with van der Waals surface area (Å²) in [6.07, 6.45) is 7.69. The molecule has 0 spiro atoms. The van der Waals surface area contributed by atoms with Crippen LogP contribution >= 0.6 is 15.9 Å². The van der Waals surface area contributed by atoms with Crippen LogP contribution in [0, 0.1) is 0 Å². The molecule has 0 radical (unpaired) electrons. The maximum absolute atomic E-state index is 13.6. The summed E-state index contributed by atoms with van der Waals surface area (Å²) in [5.41, 5.74) is 2.29. The number of nitrogens with zero attached hydrogens (tertiary/aromatic N) is 4. The van der Waals surface area contributed by atoms with E-state index in [0.717, 1.165) is 50.2 Å². The maximum atomic E-state index is 13.6. The molecule has 3 N–H and O–H groups in total. The highest BCUT2D eigenvalue weighted by atomic mass is 79.9. The van der Waals surface area contributed by atoms with Crippen LogP contribution in [0.1, 0.15) is 49.8 Å². The van der Waals surface area contributed by atoms with Gasteiger partial charge in [-0.2, -0.15) is 0 Å². The van der Waals surface area contributed by atoms with E-state index in [1.807, 2.05) is 4.90 Å². The number of alkyl halides is 2.